The molecule has 0 amide bonds. The summed E-state index contributed by atoms with van der Waals surface area (Å²) in [7, 11) is 0. The molecule has 1 N–H and O–H groups in total. The summed E-state index contributed by atoms with van der Waals surface area (Å²) in [6.45, 7) is 0. The van der Waals surface area contributed by atoms with Gasteiger partial charge in [0.2, 0.25) is 0 Å². The van der Waals surface area contributed by atoms with E-state index < -0.39 is 5.97 Å². The summed E-state index contributed by atoms with van der Waals surface area (Å²) in [6.07, 6.45) is 0.595. The number of carboxylic acids is 1. The number of fused-ring (bicyclic) bond motifs is 1. The standard InChI is InChI=1S/C10H9ClO2S/c11-8-1-2-9-6(4-8)3-7(5-14-9)10(12)13/h1-2,4,7H,3,5H2,(H,12,13). The molecule has 1 atom stereocenters. The van der Waals surface area contributed by atoms with E-state index in [0.29, 0.717) is 17.2 Å². The van der Waals surface area contributed by atoms with Gasteiger partial charge in [0, 0.05) is 15.7 Å². The van der Waals surface area contributed by atoms with Crippen LogP contribution in [0.4, 0.5) is 0 Å². The number of benzene rings is 1. The molecular weight excluding hydrogens is 220 g/mol. The molecule has 0 aromatic heterocycles. The Bertz CT molecular complexity index is 378. The quantitative estimate of drug-likeness (QED) is 0.803. The number of carboxylic acid groups (broad SMARTS) is 1. The van der Waals surface area contributed by atoms with Crippen LogP contribution in [0, 0.1) is 5.92 Å². The van der Waals surface area contributed by atoms with E-state index in [0.717, 1.165) is 10.5 Å². The predicted octanol–water partition coefficient (Wildman–Crippen LogP) is 2.69. The van der Waals surface area contributed by atoms with Crippen LogP contribution in [-0.2, 0) is 11.2 Å². The van der Waals surface area contributed by atoms with Gasteiger partial charge < -0.3 is 5.11 Å². The summed E-state index contributed by atoms with van der Waals surface area (Å²) in [5, 5.41) is 9.56. The van der Waals surface area contributed by atoms with Crippen LogP contribution in [0.2, 0.25) is 5.02 Å². The molecule has 4 heteroatoms. The van der Waals surface area contributed by atoms with Gasteiger partial charge >= 0.3 is 5.97 Å². The summed E-state index contributed by atoms with van der Waals surface area (Å²) in [6, 6.07) is 5.66. The maximum absolute atomic E-state index is 10.8. The molecule has 1 aliphatic heterocycles. The average Bonchev–Trinajstić information content (AvgIpc) is 2.16. The summed E-state index contributed by atoms with van der Waals surface area (Å²) in [5.74, 6) is -0.335. The molecule has 2 nitrogen and oxygen atoms in total. The van der Waals surface area contributed by atoms with Crippen molar-refractivity contribution in [2.24, 2.45) is 5.92 Å². The molecular formula is C10H9ClO2S. The SMILES string of the molecule is O=C(O)C1CSc2ccc(Cl)cc2C1. The number of aliphatic carboxylic acids is 1. The third-order valence-corrected chi connectivity index (χ3v) is 3.79. The van der Waals surface area contributed by atoms with E-state index in [1.54, 1.807) is 11.8 Å². The first-order valence-corrected chi connectivity index (χ1v) is 5.67. The molecule has 0 saturated heterocycles. The summed E-state index contributed by atoms with van der Waals surface area (Å²) in [5.41, 5.74) is 1.06. The van der Waals surface area contributed by atoms with Gasteiger partial charge in [-0.2, -0.15) is 0 Å². The highest BCUT2D eigenvalue weighted by Crippen LogP contribution is 2.34. The first kappa shape index (κ1) is 9.87. The zero-order valence-corrected chi connectivity index (χ0v) is 8.94. The van der Waals surface area contributed by atoms with Crippen molar-refractivity contribution in [1.82, 2.24) is 0 Å². The van der Waals surface area contributed by atoms with E-state index in [2.05, 4.69) is 0 Å². The molecule has 0 spiro atoms. The van der Waals surface area contributed by atoms with Crippen molar-refractivity contribution in [3.8, 4) is 0 Å². The van der Waals surface area contributed by atoms with Crippen LogP contribution in [0.5, 0.6) is 0 Å². The number of rotatable bonds is 1. The fourth-order valence-electron chi connectivity index (χ4n) is 1.52. The lowest BCUT2D eigenvalue weighted by Gasteiger charge is -2.20. The van der Waals surface area contributed by atoms with Gasteiger partial charge in [-0.25, -0.2) is 0 Å². The topological polar surface area (TPSA) is 37.3 Å². The smallest absolute Gasteiger partial charge is 0.307 e. The van der Waals surface area contributed by atoms with E-state index in [1.165, 1.54) is 0 Å². The fraction of sp³-hybridized carbons (Fsp3) is 0.300. The van der Waals surface area contributed by atoms with Crippen molar-refractivity contribution in [1.29, 1.82) is 0 Å². The average molecular weight is 229 g/mol. The molecule has 2 rings (SSSR count). The highest BCUT2D eigenvalue weighted by molar-refractivity contribution is 7.99. The van der Waals surface area contributed by atoms with Crippen molar-refractivity contribution in [3.05, 3.63) is 28.8 Å². The van der Waals surface area contributed by atoms with Crippen LogP contribution in [0.25, 0.3) is 0 Å². The minimum Gasteiger partial charge on any atom is -0.481 e. The summed E-state index contributed by atoms with van der Waals surface area (Å²) >= 11 is 7.44. The van der Waals surface area contributed by atoms with Crippen LogP contribution in [0.1, 0.15) is 5.56 Å². The Morgan fingerprint density at radius 3 is 3.07 bits per heavy atom. The second kappa shape index (κ2) is 3.83. The summed E-state index contributed by atoms with van der Waals surface area (Å²) < 4.78 is 0. The Hall–Kier alpha value is -0.670. The normalized spacial score (nSPS) is 20.2. The number of hydrogen-bond donors (Lipinski definition) is 1. The Kier molecular flexibility index (Phi) is 2.70. The van der Waals surface area contributed by atoms with Crippen molar-refractivity contribution < 1.29 is 9.90 Å². The van der Waals surface area contributed by atoms with E-state index in [-0.39, 0.29) is 5.92 Å². The van der Waals surface area contributed by atoms with Crippen LogP contribution in [0.15, 0.2) is 23.1 Å². The maximum atomic E-state index is 10.8. The van der Waals surface area contributed by atoms with Crippen LogP contribution < -0.4 is 0 Å². The van der Waals surface area contributed by atoms with E-state index in [1.807, 2.05) is 18.2 Å². The molecule has 1 aromatic carbocycles. The summed E-state index contributed by atoms with van der Waals surface area (Å²) in [4.78, 5) is 12.0. The molecule has 74 valence electrons. The zero-order valence-electron chi connectivity index (χ0n) is 7.37. The van der Waals surface area contributed by atoms with Gasteiger partial charge in [-0.05, 0) is 30.2 Å². The molecule has 1 unspecified atom stereocenters. The zero-order chi connectivity index (χ0) is 10.1. The third kappa shape index (κ3) is 1.88. The highest BCUT2D eigenvalue weighted by atomic mass is 35.5. The fourth-order valence-corrected chi connectivity index (χ4v) is 2.85. The third-order valence-electron chi connectivity index (χ3n) is 2.28. The maximum Gasteiger partial charge on any atom is 0.307 e. The van der Waals surface area contributed by atoms with Crippen molar-refractivity contribution in [2.75, 3.05) is 5.75 Å². The predicted molar refractivity (Wildman–Crippen MR) is 57.0 cm³/mol. The Morgan fingerprint density at radius 2 is 2.36 bits per heavy atom. The molecule has 14 heavy (non-hydrogen) atoms. The molecule has 1 aromatic rings. The number of hydrogen-bond acceptors (Lipinski definition) is 2. The lowest BCUT2D eigenvalue weighted by molar-refractivity contribution is -0.140. The highest BCUT2D eigenvalue weighted by Gasteiger charge is 2.24. The van der Waals surface area contributed by atoms with Gasteiger partial charge in [-0.15, -0.1) is 11.8 Å². The molecule has 0 radical (unpaired) electrons. The van der Waals surface area contributed by atoms with E-state index >= 15 is 0 Å². The largest absolute Gasteiger partial charge is 0.481 e. The van der Waals surface area contributed by atoms with Gasteiger partial charge in [-0.3, -0.25) is 4.79 Å². The Balaban J connectivity index is 2.29. The Morgan fingerprint density at radius 1 is 1.57 bits per heavy atom. The molecule has 1 heterocycles. The van der Waals surface area contributed by atoms with Crippen molar-refractivity contribution in [2.45, 2.75) is 11.3 Å². The van der Waals surface area contributed by atoms with E-state index in [4.69, 9.17) is 16.7 Å². The minimum absolute atomic E-state index is 0.272. The first-order chi connectivity index (χ1) is 6.66. The second-order valence-electron chi connectivity index (χ2n) is 3.30. The minimum atomic E-state index is -0.719. The van der Waals surface area contributed by atoms with Crippen molar-refractivity contribution >= 4 is 29.3 Å². The molecule has 0 fully saturated rings. The van der Waals surface area contributed by atoms with Crippen LogP contribution in [-0.4, -0.2) is 16.8 Å². The first-order valence-electron chi connectivity index (χ1n) is 4.31. The molecule has 0 aliphatic carbocycles. The van der Waals surface area contributed by atoms with Gasteiger partial charge in [-0.1, -0.05) is 11.6 Å². The van der Waals surface area contributed by atoms with Gasteiger partial charge in [0.05, 0.1) is 5.92 Å². The van der Waals surface area contributed by atoms with E-state index in [9.17, 15) is 4.79 Å². The molecule has 1 aliphatic rings. The van der Waals surface area contributed by atoms with Crippen molar-refractivity contribution in [3.63, 3.8) is 0 Å². The van der Waals surface area contributed by atoms with Gasteiger partial charge in [0.25, 0.3) is 0 Å². The lowest BCUT2D eigenvalue weighted by atomic mass is 10.0. The van der Waals surface area contributed by atoms with Crippen LogP contribution in [0.3, 0.4) is 0 Å². The lowest BCUT2D eigenvalue weighted by Crippen LogP contribution is -2.22. The van der Waals surface area contributed by atoms with Gasteiger partial charge in [0.1, 0.15) is 0 Å². The van der Waals surface area contributed by atoms with Gasteiger partial charge in [0.15, 0.2) is 0 Å². The number of carbonyl (C=O) groups is 1. The monoisotopic (exact) mass is 228 g/mol. The number of halogens is 1. The number of thioether (sulfide) groups is 1. The Labute approximate surface area is 91.3 Å². The molecule has 0 saturated carbocycles. The van der Waals surface area contributed by atoms with Crippen LogP contribution >= 0.6 is 23.4 Å². The second-order valence-corrected chi connectivity index (χ2v) is 4.80. The molecule has 0 bridgehead atoms.